The van der Waals surface area contributed by atoms with Gasteiger partial charge in [-0.25, -0.2) is 9.59 Å². The van der Waals surface area contributed by atoms with E-state index in [2.05, 4.69) is 30.1 Å². The number of nitrogens with zero attached hydrogens (tertiary/aromatic N) is 2. The lowest BCUT2D eigenvalue weighted by molar-refractivity contribution is -0.159. The highest BCUT2D eigenvalue weighted by molar-refractivity contribution is 6.27. The van der Waals surface area contributed by atoms with Gasteiger partial charge in [0.25, 0.3) is 0 Å². The number of carbonyl (C=O) groups is 3. The molecule has 8 nitrogen and oxygen atoms in total. The molecule has 0 radical (unpaired) electrons. The van der Waals surface area contributed by atoms with E-state index in [0.717, 1.165) is 80.3 Å². The largest absolute Gasteiger partial charge is 0.473 e. The van der Waals surface area contributed by atoms with Crippen molar-refractivity contribution in [3.8, 4) is 0 Å². The van der Waals surface area contributed by atoms with Crippen molar-refractivity contribution in [2.45, 2.75) is 58.8 Å². The van der Waals surface area contributed by atoms with Crippen molar-refractivity contribution < 1.29 is 24.6 Å². The summed E-state index contributed by atoms with van der Waals surface area (Å²) >= 11 is 0. The van der Waals surface area contributed by atoms with Crippen molar-refractivity contribution in [2.24, 2.45) is 0 Å². The van der Waals surface area contributed by atoms with Gasteiger partial charge in [-0.3, -0.25) is 14.7 Å². The Hall–Kier alpha value is -3.00. The average Bonchev–Trinajstić information content (AvgIpc) is 3.24. The molecule has 0 bridgehead atoms. The number of aromatic nitrogens is 1. The number of hydrogen-bond donors (Lipinski definition) is 3. The molecule has 1 heterocycles. The number of anilines is 1. The van der Waals surface area contributed by atoms with E-state index in [9.17, 15) is 4.79 Å². The maximum Gasteiger partial charge on any atom is 0.414 e. The standard InChI is InChI=1S/C22H31N3O.C2H2O4/c1-3-5-14-25(15-6-4-2)16-21(26)24-22-17-10-7-8-12-19(17)23-20-13-9-11-18(20)22;3-1(4)2(5)6/h7-8,10,12H,3-6,9,11,13-16H2,1-2H3,(H,23,24,26);(H,3,4)(H,5,6). The number of para-hydroxylation sites is 1. The Morgan fingerprint density at radius 1 is 1.00 bits per heavy atom. The van der Waals surface area contributed by atoms with E-state index in [1.54, 1.807) is 0 Å². The number of carbonyl (C=O) groups excluding carboxylic acids is 1. The minimum Gasteiger partial charge on any atom is -0.473 e. The second-order valence-corrected chi connectivity index (χ2v) is 7.92. The molecule has 2 aromatic rings. The fraction of sp³-hybridized carbons (Fsp3) is 0.500. The van der Waals surface area contributed by atoms with Gasteiger partial charge in [-0.15, -0.1) is 0 Å². The van der Waals surface area contributed by atoms with Crippen molar-refractivity contribution in [3.05, 3.63) is 35.5 Å². The summed E-state index contributed by atoms with van der Waals surface area (Å²) in [6.45, 7) is 6.87. The van der Waals surface area contributed by atoms with E-state index in [-0.39, 0.29) is 5.91 Å². The van der Waals surface area contributed by atoms with E-state index in [4.69, 9.17) is 24.8 Å². The number of aliphatic carboxylic acids is 2. The molecule has 1 amide bonds. The van der Waals surface area contributed by atoms with E-state index in [1.807, 2.05) is 18.2 Å². The third kappa shape index (κ3) is 7.30. The van der Waals surface area contributed by atoms with Gasteiger partial charge in [0.2, 0.25) is 5.91 Å². The Morgan fingerprint density at radius 2 is 1.62 bits per heavy atom. The summed E-state index contributed by atoms with van der Waals surface area (Å²) in [4.78, 5) is 38.1. The zero-order valence-corrected chi connectivity index (χ0v) is 18.9. The van der Waals surface area contributed by atoms with Crippen LogP contribution in [0.4, 0.5) is 5.69 Å². The van der Waals surface area contributed by atoms with Crippen molar-refractivity contribution in [2.75, 3.05) is 25.0 Å². The van der Waals surface area contributed by atoms with Gasteiger partial charge in [-0.05, 0) is 56.8 Å². The highest BCUT2D eigenvalue weighted by Gasteiger charge is 2.21. The summed E-state index contributed by atoms with van der Waals surface area (Å²) in [6.07, 6.45) is 7.76. The third-order valence-corrected chi connectivity index (χ3v) is 5.39. The van der Waals surface area contributed by atoms with Crippen LogP contribution in [-0.2, 0) is 27.2 Å². The van der Waals surface area contributed by atoms with Gasteiger partial charge in [0, 0.05) is 11.1 Å². The van der Waals surface area contributed by atoms with Crippen LogP contribution in [0.3, 0.4) is 0 Å². The van der Waals surface area contributed by atoms with E-state index < -0.39 is 11.9 Å². The molecule has 0 unspecified atom stereocenters. The first kappa shape index (κ1) is 25.3. The number of fused-ring (bicyclic) bond motifs is 2. The average molecular weight is 444 g/mol. The second-order valence-electron chi connectivity index (χ2n) is 7.92. The van der Waals surface area contributed by atoms with Crippen molar-refractivity contribution >= 4 is 34.4 Å². The molecule has 1 aliphatic rings. The molecule has 0 saturated heterocycles. The monoisotopic (exact) mass is 443 g/mol. The van der Waals surface area contributed by atoms with Crippen LogP contribution < -0.4 is 5.32 Å². The Kier molecular flexibility index (Phi) is 10.1. The molecule has 8 heteroatoms. The Balaban J connectivity index is 0.000000534. The lowest BCUT2D eigenvalue weighted by Crippen LogP contribution is -2.35. The first-order valence-corrected chi connectivity index (χ1v) is 11.3. The normalized spacial score (nSPS) is 12.2. The number of carboxylic acids is 2. The SMILES string of the molecule is CCCCN(CCCC)CC(=O)Nc1c2c(nc3ccccc13)CCC2.O=C(O)C(=O)O. The number of hydrogen-bond acceptors (Lipinski definition) is 5. The van der Waals surface area contributed by atoms with Crippen LogP contribution in [0.2, 0.25) is 0 Å². The topological polar surface area (TPSA) is 120 Å². The van der Waals surface area contributed by atoms with Gasteiger partial charge >= 0.3 is 11.9 Å². The van der Waals surface area contributed by atoms with E-state index in [1.165, 1.54) is 5.56 Å². The fourth-order valence-corrected chi connectivity index (χ4v) is 3.77. The summed E-state index contributed by atoms with van der Waals surface area (Å²) in [5.74, 6) is -3.55. The lowest BCUT2D eigenvalue weighted by atomic mass is 10.1. The van der Waals surface area contributed by atoms with Gasteiger partial charge in [0.1, 0.15) is 0 Å². The number of pyridine rings is 1. The Labute approximate surface area is 188 Å². The quantitative estimate of drug-likeness (QED) is 0.505. The Morgan fingerprint density at radius 3 is 2.22 bits per heavy atom. The van der Waals surface area contributed by atoms with Gasteiger partial charge in [0.05, 0.1) is 17.7 Å². The summed E-state index contributed by atoms with van der Waals surface area (Å²) in [5, 5.41) is 19.1. The molecule has 3 rings (SSSR count). The minimum absolute atomic E-state index is 0.0997. The first-order valence-electron chi connectivity index (χ1n) is 11.3. The predicted octanol–water partition coefficient (Wildman–Crippen LogP) is 3.72. The van der Waals surface area contributed by atoms with Gasteiger partial charge in [-0.2, -0.15) is 0 Å². The molecule has 0 aliphatic heterocycles. The van der Waals surface area contributed by atoms with Crippen LogP contribution in [0.25, 0.3) is 10.9 Å². The van der Waals surface area contributed by atoms with Crippen LogP contribution in [0.1, 0.15) is 57.2 Å². The molecule has 1 aromatic carbocycles. The smallest absolute Gasteiger partial charge is 0.414 e. The number of unbranched alkanes of at least 4 members (excludes halogenated alkanes) is 2. The molecule has 32 heavy (non-hydrogen) atoms. The molecule has 0 saturated carbocycles. The molecule has 1 aliphatic carbocycles. The molecular formula is C24H33N3O5. The molecular weight excluding hydrogens is 410 g/mol. The number of carboxylic acid groups (broad SMARTS) is 2. The van der Waals surface area contributed by atoms with Gasteiger partial charge in [0.15, 0.2) is 0 Å². The maximum atomic E-state index is 12.8. The van der Waals surface area contributed by atoms with Gasteiger partial charge < -0.3 is 15.5 Å². The maximum absolute atomic E-state index is 12.8. The summed E-state index contributed by atoms with van der Waals surface area (Å²) in [7, 11) is 0. The summed E-state index contributed by atoms with van der Waals surface area (Å²) in [6, 6.07) is 8.15. The third-order valence-electron chi connectivity index (χ3n) is 5.39. The summed E-state index contributed by atoms with van der Waals surface area (Å²) in [5.41, 5.74) is 4.38. The zero-order valence-electron chi connectivity index (χ0n) is 18.9. The predicted molar refractivity (Wildman–Crippen MR) is 124 cm³/mol. The second kappa shape index (κ2) is 12.8. The molecule has 1 aromatic heterocycles. The number of nitrogens with one attached hydrogen (secondary N) is 1. The molecule has 0 atom stereocenters. The van der Waals surface area contributed by atoms with Crippen molar-refractivity contribution in [3.63, 3.8) is 0 Å². The van der Waals surface area contributed by atoms with E-state index in [0.29, 0.717) is 6.54 Å². The van der Waals surface area contributed by atoms with Crippen LogP contribution in [0.5, 0.6) is 0 Å². The van der Waals surface area contributed by atoms with Crippen LogP contribution >= 0.6 is 0 Å². The number of aryl methyl sites for hydroxylation is 1. The number of rotatable bonds is 9. The van der Waals surface area contributed by atoms with Crippen LogP contribution in [0.15, 0.2) is 24.3 Å². The molecule has 0 spiro atoms. The van der Waals surface area contributed by atoms with Crippen molar-refractivity contribution in [1.29, 1.82) is 0 Å². The van der Waals surface area contributed by atoms with Crippen molar-refractivity contribution in [1.82, 2.24) is 9.88 Å². The molecule has 0 fully saturated rings. The van der Waals surface area contributed by atoms with Crippen LogP contribution in [-0.4, -0.2) is 57.6 Å². The fourth-order valence-electron chi connectivity index (χ4n) is 3.77. The number of benzene rings is 1. The van der Waals surface area contributed by atoms with Crippen LogP contribution in [0, 0.1) is 0 Å². The molecule has 3 N–H and O–H groups in total. The summed E-state index contributed by atoms with van der Waals surface area (Å²) < 4.78 is 0. The first-order chi connectivity index (χ1) is 15.4. The highest BCUT2D eigenvalue weighted by Crippen LogP contribution is 2.33. The number of amides is 1. The molecule has 174 valence electrons. The Bertz CT molecular complexity index is 925. The van der Waals surface area contributed by atoms with E-state index >= 15 is 0 Å². The zero-order chi connectivity index (χ0) is 23.5. The van der Waals surface area contributed by atoms with Gasteiger partial charge in [-0.1, -0.05) is 44.9 Å². The highest BCUT2D eigenvalue weighted by atomic mass is 16.4. The minimum atomic E-state index is -1.82. The lowest BCUT2D eigenvalue weighted by Gasteiger charge is -2.22.